The van der Waals surface area contributed by atoms with Crippen LogP contribution < -0.4 is 47.9 Å². The highest BCUT2D eigenvalue weighted by molar-refractivity contribution is 5.94. The number of hydrogen-bond acceptors (Lipinski definition) is 11. The molecule has 9 N–H and O–H groups in total. The van der Waals surface area contributed by atoms with Crippen LogP contribution in [0.1, 0.15) is 146 Å². The van der Waals surface area contributed by atoms with E-state index >= 15 is 0 Å². The Hall–Kier alpha value is -6.21. The number of fused-ring (bicyclic) bond motifs is 2. The normalized spacial score (nSPS) is 23.8. The van der Waals surface area contributed by atoms with Gasteiger partial charge in [0.2, 0.25) is 41.4 Å². The smallest absolute Gasteiger partial charge is 0.247 e. The molecule has 0 saturated carbocycles. The van der Waals surface area contributed by atoms with Crippen LogP contribution in [0.3, 0.4) is 0 Å². The summed E-state index contributed by atoms with van der Waals surface area (Å²) in [5.41, 5.74) is 2.90. The predicted molar refractivity (Wildman–Crippen MR) is 315 cm³/mol. The van der Waals surface area contributed by atoms with E-state index in [0.717, 1.165) is 70.0 Å². The molecule has 3 aromatic rings. The second-order valence-corrected chi connectivity index (χ2v) is 22.8. The fourth-order valence-corrected chi connectivity index (χ4v) is 12.8. The summed E-state index contributed by atoms with van der Waals surface area (Å²) in [5.74, 6) is -1.47. The average Bonchev–Trinajstić information content (AvgIpc) is 4.17. The number of likely N-dealkylation sites (N-methyl/N-ethyl adjacent to an activating group) is 2. The lowest BCUT2D eigenvalue weighted by Crippen LogP contribution is -2.59. The number of hydrogen-bond donors (Lipinski definition) is 9. The van der Waals surface area contributed by atoms with E-state index in [-0.39, 0.29) is 83.9 Å². The lowest BCUT2D eigenvalue weighted by atomic mass is 9.90. The quantitative estimate of drug-likeness (QED) is 0.0408. The second-order valence-electron chi connectivity index (χ2n) is 22.8. The van der Waals surface area contributed by atoms with Gasteiger partial charge in [0.1, 0.15) is 18.1 Å². The van der Waals surface area contributed by atoms with Crippen LogP contribution in [0.4, 0.5) is 0 Å². The third kappa shape index (κ3) is 17.9. The Labute approximate surface area is 481 Å². The van der Waals surface area contributed by atoms with Crippen molar-refractivity contribution in [2.45, 2.75) is 190 Å². The molecule has 18 heteroatoms. The highest BCUT2D eigenvalue weighted by atomic mass is 16.2. The van der Waals surface area contributed by atoms with Crippen molar-refractivity contribution in [1.29, 1.82) is 0 Å². The number of nitrogens with zero attached hydrogens (tertiary/aromatic N) is 2. The van der Waals surface area contributed by atoms with Gasteiger partial charge in [-0.15, -0.1) is 0 Å². The molecule has 0 bridgehead atoms. The molecule has 442 valence electrons. The maximum Gasteiger partial charge on any atom is 0.247 e. The standard InChI is InChI=1S/C63H93N11O7/c1-5-50(64-3)58(76)70-52-42-73-48(30-28-45(52)36-38-66-39-43-21-13-10-14-22-43)32-34-53(73)61(79)71-56(46-25-17-12-18-26-46)62(80)67-37-20-9-7-8-19-27-55(75)68-41-47-29-31-49-33-35-54(60(78)69-40-44-23-15-11-16-24-44)74(49)63(81)57(47)72-59(77)51(6-2)65-4/h10-18,21-26,45,47-54,56-57,64-66H,5-9,19-20,27-42H2,1-4H3,(H,67,80)(H,68,75)(H,69,78)(H,70,76)(H,71,79)(H,72,77)/t45-,47-,48+,49+,50+,51+,52-,53+,54+,56+,57+/m1/s1. The van der Waals surface area contributed by atoms with E-state index in [0.29, 0.717) is 83.0 Å². The molecule has 0 aromatic heterocycles. The first-order chi connectivity index (χ1) is 39.4. The monoisotopic (exact) mass is 1120 g/mol. The lowest BCUT2D eigenvalue weighted by Gasteiger charge is -2.33. The number of benzene rings is 3. The molecule has 0 spiro atoms. The highest BCUT2D eigenvalue weighted by Crippen LogP contribution is 2.36. The van der Waals surface area contributed by atoms with Crippen LogP contribution in [-0.4, -0.2) is 140 Å². The molecule has 0 unspecified atom stereocenters. The van der Waals surface area contributed by atoms with E-state index in [1.807, 2.05) is 99.8 Å². The van der Waals surface area contributed by atoms with Crippen molar-refractivity contribution in [1.82, 2.24) is 57.7 Å². The summed E-state index contributed by atoms with van der Waals surface area (Å²) in [4.78, 5) is 101. The van der Waals surface area contributed by atoms with Crippen LogP contribution in [0.15, 0.2) is 91.0 Å². The fraction of sp³-hybridized carbons (Fsp3) is 0.603. The van der Waals surface area contributed by atoms with Crippen molar-refractivity contribution < 1.29 is 33.6 Å². The molecule has 4 heterocycles. The highest BCUT2D eigenvalue weighted by Gasteiger charge is 2.48. The van der Waals surface area contributed by atoms with Crippen LogP contribution in [0.5, 0.6) is 0 Å². The molecule has 18 nitrogen and oxygen atoms in total. The number of unbranched alkanes of at least 4 members (excludes halogenated alkanes) is 4. The molecule has 4 fully saturated rings. The zero-order chi connectivity index (χ0) is 57.5. The molecule has 4 aliphatic rings. The van der Waals surface area contributed by atoms with E-state index < -0.39 is 30.2 Å². The molecule has 4 saturated heterocycles. The maximum atomic E-state index is 14.5. The summed E-state index contributed by atoms with van der Waals surface area (Å²) in [7, 11) is 3.52. The van der Waals surface area contributed by atoms with Crippen molar-refractivity contribution in [2.24, 2.45) is 11.8 Å². The van der Waals surface area contributed by atoms with Gasteiger partial charge in [0.25, 0.3) is 0 Å². The van der Waals surface area contributed by atoms with Crippen LogP contribution in [-0.2, 0) is 46.7 Å². The van der Waals surface area contributed by atoms with Gasteiger partial charge in [0.15, 0.2) is 0 Å². The van der Waals surface area contributed by atoms with Crippen molar-refractivity contribution in [2.75, 3.05) is 40.3 Å². The van der Waals surface area contributed by atoms with E-state index in [1.54, 1.807) is 11.9 Å². The third-order valence-electron chi connectivity index (χ3n) is 17.5. The lowest BCUT2D eigenvalue weighted by molar-refractivity contribution is -0.143. The Bertz CT molecular complexity index is 2460. The number of rotatable bonds is 30. The van der Waals surface area contributed by atoms with Crippen molar-refractivity contribution >= 4 is 41.4 Å². The van der Waals surface area contributed by atoms with Crippen LogP contribution in [0.25, 0.3) is 0 Å². The SMILES string of the molecule is CC[C@H](NC)C(=O)N[C@@H]1C(=O)N2[C@@H](CC[C@@H]1CNC(=O)CCCCCCCNC(=O)[C@@H](NC(=O)[C@@H]1CC[C@@H]3CC[C@H](CCNCc4ccccc4)[C@H](NC(=O)[C@H](CC)NC)CN31)c1ccccc1)CC[C@H]2C(=O)NCc1ccccc1. The van der Waals surface area contributed by atoms with Crippen LogP contribution in [0, 0.1) is 11.8 Å². The minimum atomic E-state index is -0.892. The van der Waals surface area contributed by atoms with Gasteiger partial charge in [-0.2, -0.15) is 0 Å². The van der Waals surface area contributed by atoms with Crippen LogP contribution >= 0.6 is 0 Å². The van der Waals surface area contributed by atoms with E-state index in [9.17, 15) is 33.6 Å². The first-order valence-electron chi connectivity index (χ1n) is 30.4. The fourth-order valence-electron chi connectivity index (χ4n) is 12.8. The zero-order valence-electron chi connectivity index (χ0n) is 48.5. The Kier molecular flexibility index (Phi) is 25.0. The summed E-state index contributed by atoms with van der Waals surface area (Å²) >= 11 is 0. The summed E-state index contributed by atoms with van der Waals surface area (Å²) in [6.07, 6.45) is 12.3. The van der Waals surface area contributed by atoms with Gasteiger partial charge in [-0.1, -0.05) is 124 Å². The summed E-state index contributed by atoms with van der Waals surface area (Å²) < 4.78 is 0. The van der Waals surface area contributed by atoms with Gasteiger partial charge in [-0.25, -0.2) is 0 Å². The Morgan fingerprint density at radius 1 is 0.568 bits per heavy atom. The van der Waals surface area contributed by atoms with Crippen molar-refractivity contribution in [3.63, 3.8) is 0 Å². The second kappa shape index (κ2) is 32.4. The summed E-state index contributed by atoms with van der Waals surface area (Å²) in [6, 6.07) is 25.7. The first kappa shape index (κ1) is 62.4. The van der Waals surface area contributed by atoms with Gasteiger partial charge in [0, 0.05) is 63.2 Å². The number of nitrogens with one attached hydrogen (secondary N) is 9. The van der Waals surface area contributed by atoms with Gasteiger partial charge in [-0.05, 0) is 127 Å². The Balaban J connectivity index is 0.859. The molecule has 3 aromatic carbocycles. The Morgan fingerprint density at radius 3 is 1.83 bits per heavy atom. The van der Waals surface area contributed by atoms with E-state index in [2.05, 4.69) is 64.9 Å². The third-order valence-corrected chi connectivity index (χ3v) is 17.5. The predicted octanol–water partition coefficient (Wildman–Crippen LogP) is 4.89. The molecular formula is C63H93N11O7. The van der Waals surface area contributed by atoms with Crippen LogP contribution in [0.2, 0.25) is 0 Å². The van der Waals surface area contributed by atoms with Crippen molar-refractivity contribution in [3.05, 3.63) is 108 Å². The molecule has 7 rings (SSSR count). The topological polar surface area (TPSA) is 234 Å². The van der Waals surface area contributed by atoms with Gasteiger partial charge >= 0.3 is 0 Å². The maximum absolute atomic E-state index is 14.5. The van der Waals surface area contributed by atoms with Gasteiger partial charge in [-0.3, -0.25) is 38.5 Å². The average molecular weight is 1120 g/mol. The number of amides is 7. The minimum Gasteiger partial charge on any atom is -0.356 e. The molecule has 0 aliphatic carbocycles. The molecule has 4 aliphatic heterocycles. The number of carbonyl (C=O) groups is 7. The largest absolute Gasteiger partial charge is 0.356 e. The number of carbonyl (C=O) groups excluding carboxylic acids is 7. The van der Waals surface area contributed by atoms with Crippen molar-refractivity contribution in [3.8, 4) is 0 Å². The van der Waals surface area contributed by atoms with E-state index in [4.69, 9.17) is 0 Å². The summed E-state index contributed by atoms with van der Waals surface area (Å²) in [6.45, 7) is 7.07. The molecule has 0 radical (unpaired) electrons. The Morgan fingerprint density at radius 2 is 1.15 bits per heavy atom. The molecule has 11 atom stereocenters. The molecular weight excluding hydrogens is 1020 g/mol. The first-order valence-corrected chi connectivity index (χ1v) is 30.4. The molecule has 81 heavy (non-hydrogen) atoms. The zero-order valence-corrected chi connectivity index (χ0v) is 48.5. The van der Waals surface area contributed by atoms with E-state index in [1.165, 1.54) is 5.56 Å². The summed E-state index contributed by atoms with van der Waals surface area (Å²) in [5, 5.41) is 28.6. The minimum absolute atomic E-state index is 0.0239. The van der Waals surface area contributed by atoms with Gasteiger partial charge in [0.05, 0.1) is 18.1 Å². The molecule has 7 amide bonds. The van der Waals surface area contributed by atoms with Gasteiger partial charge < -0.3 is 52.8 Å².